The van der Waals surface area contributed by atoms with Crippen molar-refractivity contribution in [1.29, 1.82) is 0 Å². The van der Waals surface area contributed by atoms with E-state index < -0.39 is 5.97 Å². The van der Waals surface area contributed by atoms with Gasteiger partial charge in [0.25, 0.3) is 0 Å². The molecule has 0 bridgehead atoms. The Bertz CT molecular complexity index is 450. The summed E-state index contributed by atoms with van der Waals surface area (Å²) < 4.78 is 10.5. The Morgan fingerprint density at radius 2 is 2.05 bits per heavy atom. The van der Waals surface area contributed by atoms with E-state index in [9.17, 15) is 4.79 Å². The van der Waals surface area contributed by atoms with Crippen LogP contribution >= 0.6 is 23.2 Å². The fraction of sp³-hybridized carbons (Fsp3) is 0.462. The van der Waals surface area contributed by atoms with Crippen LogP contribution in [-0.2, 0) is 9.47 Å². The molecule has 0 unspecified atom stereocenters. The lowest BCUT2D eigenvalue weighted by molar-refractivity contribution is 0.0185. The maximum absolute atomic E-state index is 11.9. The van der Waals surface area contributed by atoms with Gasteiger partial charge in [0, 0.05) is 13.2 Å². The predicted molar refractivity (Wildman–Crippen MR) is 74.7 cm³/mol. The lowest BCUT2D eigenvalue weighted by Crippen LogP contribution is -2.22. The Labute approximate surface area is 121 Å². The predicted octanol–water partition coefficient (Wildman–Crippen LogP) is 3.16. The van der Waals surface area contributed by atoms with Gasteiger partial charge in [0.2, 0.25) is 0 Å². The third-order valence-electron chi connectivity index (χ3n) is 3.08. The number of nitrogen functional groups attached to an aromatic ring is 1. The molecule has 0 aromatic heterocycles. The highest BCUT2D eigenvalue weighted by Crippen LogP contribution is 2.29. The summed E-state index contributed by atoms with van der Waals surface area (Å²) in [7, 11) is 0. The average Bonchev–Trinajstić information content (AvgIpc) is 2.42. The zero-order valence-corrected chi connectivity index (χ0v) is 11.8. The Morgan fingerprint density at radius 3 is 2.68 bits per heavy atom. The number of ether oxygens (including phenoxy) is 2. The molecule has 0 amide bonds. The Morgan fingerprint density at radius 1 is 1.37 bits per heavy atom. The highest BCUT2D eigenvalue weighted by molar-refractivity contribution is 6.43. The molecule has 0 atom stereocenters. The molecule has 0 aliphatic carbocycles. The number of anilines is 1. The maximum atomic E-state index is 11.9. The van der Waals surface area contributed by atoms with E-state index in [-0.39, 0.29) is 15.7 Å². The first-order chi connectivity index (χ1) is 9.08. The summed E-state index contributed by atoms with van der Waals surface area (Å²) in [5, 5.41) is 0.502. The number of benzene rings is 1. The van der Waals surface area contributed by atoms with E-state index >= 15 is 0 Å². The van der Waals surface area contributed by atoms with E-state index in [1.165, 1.54) is 12.1 Å². The zero-order chi connectivity index (χ0) is 13.8. The molecule has 1 aliphatic heterocycles. The van der Waals surface area contributed by atoms with Gasteiger partial charge in [-0.05, 0) is 30.9 Å². The van der Waals surface area contributed by atoms with E-state index in [2.05, 4.69) is 0 Å². The Hall–Kier alpha value is -0.970. The molecule has 1 aromatic rings. The molecular formula is C13H15Cl2NO3. The van der Waals surface area contributed by atoms with Crippen molar-refractivity contribution >= 4 is 34.9 Å². The van der Waals surface area contributed by atoms with Crippen molar-refractivity contribution in [3.63, 3.8) is 0 Å². The molecule has 0 spiro atoms. The third kappa shape index (κ3) is 3.75. The molecule has 19 heavy (non-hydrogen) atoms. The summed E-state index contributed by atoms with van der Waals surface area (Å²) in [6.07, 6.45) is 1.83. The fourth-order valence-electron chi connectivity index (χ4n) is 1.92. The second kappa shape index (κ2) is 6.46. The van der Waals surface area contributed by atoms with Gasteiger partial charge in [-0.2, -0.15) is 0 Å². The molecule has 2 N–H and O–H groups in total. The fourth-order valence-corrected chi connectivity index (χ4v) is 2.25. The van der Waals surface area contributed by atoms with Gasteiger partial charge >= 0.3 is 5.97 Å². The van der Waals surface area contributed by atoms with Gasteiger partial charge in [0.05, 0.1) is 27.9 Å². The van der Waals surface area contributed by atoms with Crippen molar-refractivity contribution < 1.29 is 14.3 Å². The third-order valence-corrected chi connectivity index (χ3v) is 3.90. The van der Waals surface area contributed by atoms with Crippen molar-refractivity contribution in [2.24, 2.45) is 5.92 Å². The second-order valence-electron chi connectivity index (χ2n) is 4.52. The van der Waals surface area contributed by atoms with Crippen LogP contribution in [0.2, 0.25) is 10.0 Å². The van der Waals surface area contributed by atoms with Crippen LogP contribution < -0.4 is 5.73 Å². The molecule has 4 nitrogen and oxygen atoms in total. The summed E-state index contributed by atoms with van der Waals surface area (Å²) in [4.78, 5) is 11.9. The number of carbonyl (C=O) groups excluding carboxylic acids is 1. The normalized spacial score (nSPS) is 16.3. The number of carbonyl (C=O) groups is 1. The van der Waals surface area contributed by atoms with Crippen molar-refractivity contribution in [2.75, 3.05) is 25.6 Å². The summed E-state index contributed by atoms with van der Waals surface area (Å²) in [6, 6.07) is 2.94. The topological polar surface area (TPSA) is 61.6 Å². The minimum absolute atomic E-state index is 0.250. The molecule has 0 saturated carbocycles. The molecule has 1 fully saturated rings. The summed E-state index contributed by atoms with van der Waals surface area (Å²) in [6.45, 7) is 1.84. The van der Waals surface area contributed by atoms with Gasteiger partial charge in [-0.1, -0.05) is 23.2 Å². The van der Waals surface area contributed by atoms with Crippen molar-refractivity contribution in [1.82, 2.24) is 0 Å². The SMILES string of the molecule is Nc1cc(C(=O)OCC2CCOCC2)cc(Cl)c1Cl. The van der Waals surface area contributed by atoms with E-state index in [4.69, 9.17) is 38.4 Å². The van der Waals surface area contributed by atoms with Crippen LogP contribution in [0.15, 0.2) is 12.1 Å². The minimum atomic E-state index is -0.434. The second-order valence-corrected chi connectivity index (χ2v) is 5.30. The first-order valence-electron chi connectivity index (χ1n) is 6.07. The molecule has 1 heterocycles. The average molecular weight is 304 g/mol. The molecule has 0 radical (unpaired) electrons. The molecule has 6 heteroatoms. The van der Waals surface area contributed by atoms with Crippen molar-refractivity contribution in [3.05, 3.63) is 27.7 Å². The molecule has 1 aromatic carbocycles. The molecular weight excluding hydrogens is 289 g/mol. The van der Waals surface area contributed by atoms with Crippen molar-refractivity contribution in [3.8, 4) is 0 Å². The van der Waals surface area contributed by atoms with E-state index in [1.54, 1.807) is 0 Å². The van der Waals surface area contributed by atoms with Crippen LogP contribution in [-0.4, -0.2) is 25.8 Å². The van der Waals surface area contributed by atoms with Crippen LogP contribution in [0.4, 0.5) is 5.69 Å². The number of nitrogens with two attached hydrogens (primary N) is 1. The smallest absolute Gasteiger partial charge is 0.338 e. The summed E-state index contributed by atoms with van der Waals surface area (Å²) in [5.41, 5.74) is 6.25. The summed E-state index contributed by atoms with van der Waals surface area (Å²) >= 11 is 11.7. The number of esters is 1. The van der Waals surface area contributed by atoms with Gasteiger partial charge in [-0.3, -0.25) is 0 Å². The molecule has 1 aliphatic rings. The first-order valence-corrected chi connectivity index (χ1v) is 6.83. The molecule has 104 valence electrons. The molecule has 1 saturated heterocycles. The van der Waals surface area contributed by atoms with Crippen molar-refractivity contribution in [2.45, 2.75) is 12.8 Å². The lowest BCUT2D eigenvalue weighted by atomic mass is 10.0. The van der Waals surface area contributed by atoms with Crippen LogP contribution in [0.3, 0.4) is 0 Å². The maximum Gasteiger partial charge on any atom is 0.338 e. The lowest BCUT2D eigenvalue weighted by Gasteiger charge is -2.21. The van der Waals surface area contributed by atoms with Gasteiger partial charge in [0.15, 0.2) is 0 Å². The van der Waals surface area contributed by atoms with Gasteiger partial charge < -0.3 is 15.2 Å². The van der Waals surface area contributed by atoms with Crippen LogP contribution in [0.25, 0.3) is 0 Å². The number of rotatable bonds is 3. The first kappa shape index (κ1) is 14.4. The molecule has 2 rings (SSSR count). The highest BCUT2D eigenvalue weighted by Gasteiger charge is 2.17. The van der Waals surface area contributed by atoms with Crippen LogP contribution in [0.1, 0.15) is 23.2 Å². The summed E-state index contributed by atoms with van der Waals surface area (Å²) in [5.74, 6) is -0.0745. The number of halogens is 2. The zero-order valence-electron chi connectivity index (χ0n) is 10.3. The van der Waals surface area contributed by atoms with Gasteiger partial charge in [-0.15, -0.1) is 0 Å². The van der Waals surface area contributed by atoms with Gasteiger partial charge in [-0.25, -0.2) is 4.79 Å². The highest BCUT2D eigenvalue weighted by atomic mass is 35.5. The van der Waals surface area contributed by atoms with E-state index in [0.717, 1.165) is 26.1 Å². The van der Waals surface area contributed by atoms with E-state index in [0.29, 0.717) is 18.1 Å². The Kier molecular flexibility index (Phi) is 4.91. The number of hydrogen-bond acceptors (Lipinski definition) is 4. The number of hydrogen-bond donors (Lipinski definition) is 1. The quantitative estimate of drug-likeness (QED) is 0.688. The van der Waals surface area contributed by atoms with E-state index in [1.807, 2.05) is 0 Å². The van der Waals surface area contributed by atoms with Crippen LogP contribution in [0.5, 0.6) is 0 Å². The van der Waals surface area contributed by atoms with Gasteiger partial charge in [0.1, 0.15) is 0 Å². The minimum Gasteiger partial charge on any atom is -0.462 e. The Balaban J connectivity index is 1.96. The monoisotopic (exact) mass is 303 g/mol. The van der Waals surface area contributed by atoms with Crippen LogP contribution in [0, 0.1) is 5.92 Å². The standard InChI is InChI=1S/C13H15Cl2NO3/c14-10-5-9(6-11(16)12(10)15)13(17)19-7-8-1-3-18-4-2-8/h5-6,8H,1-4,7,16H2. The largest absolute Gasteiger partial charge is 0.462 e.